The maximum Gasteiger partial charge on any atom is 0.0634 e. The molecule has 0 saturated carbocycles. The van der Waals surface area contributed by atoms with E-state index in [1.807, 2.05) is 6.07 Å². The van der Waals surface area contributed by atoms with Gasteiger partial charge in [-0.25, -0.2) is 0 Å². The van der Waals surface area contributed by atoms with E-state index < -0.39 is 0 Å². The Balaban J connectivity index is 2.41. The minimum absolute atomic E-state index is 0.323. The largest absolute Gasteiger partial charge is 0.383 e. The summed E-state index contributed by atoms with van der Waals surface area (Å²) in [6.07, 6.45) is 3.39. The molecule has 14 heavy (non-hydrogen) atoms. The zero-order valence-corrected chi connectivity index (χ0v) is 9.21. The lowest BCUT2D eigenvalue weighted by Crippen LogP contribution is -2.29. The lowest BCUT2D eigenvalue weighted by atomic mass is 10.2. The molecule has 3 nitrogen and oxygen atoms in total. The Bertz CT molecular complexity index is 281. The summed E-state index contributed by atoms with van der Waals surface area (Å²) in [6, 6.07) is 2.23. The number of aromatic nitrogens is 1. The lowest BCUT2D eigenvalue weighted by Gasteiger charge is -2.12. The molecule has 0 aliphatic rings. The molecule has 0 aliphatic heterocycles. The summed E-state index contributed by atoms with van der Waals surface area (Å²) in [7, 11) is 1.69. The van der Waals surface area contributed by atoms with E-state index in [1.165, 1.54) is 0 Å². The molecule has 4 heteroatoms. The van der Waals surface area contributed by atoms with Crippen LogP contribution in [0.1, 0.15) is 12.5 Å². The minimum Gasteiger partial charge on any atom is -0.383 e. The first kappa shape index (κ1) is 11.4. The standard InChI is InChI=1S/C10H15ClN2O/c1-8(7-14-2)13-5-9-3-4-12-6-10(9)11/h3-4,6,8,13H,5,7H2,1-2H3. The van der Waals surface area contributed by atoms with Gasteiger partial charge in [-0.05, 0) is 18.6 Å². The zero-order chi connectivity index (χ0) is 10.4. The van der Waals surface area contributed by atoms with Crippen LogP contribution < -0.4 is 5.32 Å². The van der Waals surface area contributed by atoms with Crippen LogP contribution in [0, 0.1) is 0 Å². The highest BCUT2D eigenvalue weighted by molar-refractivity contribution is 6.31. The number of nitrogens with zero attached hydrogens (tertiary/aromatic N) is 1. The van der Waals surface area contributed by atoms with Crippen molar-refractivity contribution in [3.63, 3.8) is 0 Å². The van der Waals surface area contributed by atoms with Gasteiger partial charge in [0.05, 0.1) is 11.6 Å². The van der Waals surface area contributed by atoms with Crippen LogP contribution in [0.15, 0.2) is 18.5 Å². The van der Waals surface area contributed by atoms with Crippen molar-refractivity contribution in [2.45, 2.75) is 19.5 Å². The van der Waals surface area contributed by atoms with Gasteiger partial charge in [-0.3, -0.25) is 4.98 Å². The van der Waals surface area contributed by atoms with E-state index in [4.69, 9.17) is 16.3 Å². The minimum atomic E-state index is 0.323. The maximum absolute atomic E-state index is 5.95. The van der Waals surface area contributed by atoms with Gasteiger partial charge < -0.3 is 10.1 Å². The van der Waals surface area contributed by atoms with E-state index in [-0.39, 0.29) is 0 Å². The Morgan fingerprint density at radius 3 is 3.07 bits per heavy atom. The third kappa shape index (κ3) is 3.62. The molecule has 0 aliphatic carbocycles. The smallest absolute Gasteiger partial charge is 0.0634 e. The Labute approximate surface area is 89.4 Å². The molecule has 0 radical (unpaired) electrons. The molecule has 0 fully saturated rings. The van der Waals surface area contributed by atoms with Crippen molar-refractivity contribution in [1.82, 2.24) is 10.3 Å². The van der Waals surface area contributed by atoms with Gasteiger partial charge in [-0.2, -0.15) is 0 Å². The van der Waals surface area contributed by atoms with Crippen LogP contribution >= 0.6 is 11.6 Å². The van der Waals surface area contributed by atoms with Gasteiger partial charge in [0.15, 0.2) is 0 Å². The molecule has 1 aromatic heterocycles. The second-order valence-corrected chi connectivity index (χ2v) is 3.61. The van der Waals surface area contributed by atoms with E-state index in [0.717, 1.165) is 12.1 Å². The van der Waals surface area contributed by atoms with Crippen LogP contribution in [0.2, 0.25) is 5.02 Å². The average molecular weight is 215 g/mol. The van der Waals surface area contributed by atoms with Crippen molar-refractivity contribution in [2.24, 2.45) is 0 Å². The van der Waals surface area contributed by atoms with Gasteiger partial charge in [-0.15, -0.1) is 0 Å². The van der Waals surface area contributed by atoms with Crippen molar-refractivity contribution in [3.05, 3.63) is 29.0 Å². The molecule has 1 aromatic rings. The summed E-state index contributed by atoms with van der Waals surface area (Å²) < 4.78 is 5.01. The first-order chi connectivity index (χ1) is 6.74. The molecule has 1 rings (SSSR count). The van der Waals surface area contributed by atoms with Crippen LogP contribution in [0.5, 0.6) is 0 Å². The van der Waals surface area contributed by atoms with Crippen molar-refractivity contribution in [3.8, 4) is 0 Å². The lowest BCUT2D eigenvalue weighted by molar-refractivity contribution is 0.171. The average Bonchev–Trinajstić information content (AvgIpc) is 2.17. The molecule has 1 atom stereocenters. The fourth-order valence-electron chi connectivity index (χ4n) is 1.14. The molecular weight excluding hydrogens is 200 g/mol. The molecule has 0 bridgehead atoms. The number of pyridine rings is 1. The summed E-state index contributed by atoms with van der Waals surface area (Å²) in [5.41, 5.74) is 1.06. The third-order valence-corrected chi connectivity index (χ3v) is 2.25. The molecule has 78 valence electrons. The second kappa shape index (κ2) is 5.96. The number of halogens is 1. The molecule has 1 N–H and O–H groups in total. The van der Waals surface area contributed by atoms with Crippen molar-refractivity contribution in [2.75, 3.05) is 13.7 Å². The van der Waals surface area contributed by atoms with Crippen molar-refractivity contribution < 1.29 is 4.74 Å². The first-order valence-corrected chi connectivity index (χ1v) is 4.92. The predicted molar refractivity (Wildman–Crippen MR) is 57.4 cm³/mol. The zero-order valence-electron chi connectivity index (χ0n) is 8.46. The van der Waals surface area contributed by atoms with Crippen LogP contribution in [0.3, 0.4) is 0 Å². The monoisotopic (exact) mass is 214 g/mol. The number of hydrogen-bond donors (Lipinski definition) is 1. The van der Waals surface area contributed by atoms with Crippen molar-refractivity contribution >= 4 is 11.6 Å². The van der Waals surface area contributed by atoms with Gasteiger partial charge in [0.1, 0.15) is 0 Å². The number of ether oxygens (including phenoxy) is 1. The molecule has 1 heterocycles. The topological polar surface area (TPSA) is 34.1 Å². The molecule has 0 amide bonds. The second-order valence-electron chi connectivity index (χ2n) is 3.20. The Morgan fingerprint density at radius 2 is 2.43 bits per heavy atom. The van der Waals surface area contributed by atoms with E-state index in [1.54, 1.807) is 19.5 Å². The summed E-state index contributed by atoms with van der Waals surface area (Å²) in [4.78, 5) is 3.92. The highest BCUT2D eigenvalue weighted by atomic mass is 35.5. The molecular formula is C10H15ClN2O. The summed E-state index contributed by atoms with van der Waals surface area (Å²) in [5, 5.41) is 4.00. The van der Waals surface area contributed by atoms with Gasteiger partial charge in [0, 0.05) is 32.1 Å². The number of nitrogens with one attached hydrogen (secondary N) is 1. The summed E-state index contributed by atoms with van der Waals surface area (Å²) >= 11 is 5.95. The number of methoxy groups -OCH3 is 1. The van der Waals surface area contributed by atoms with Gasteiger partial charge in [0.2, 0.25) is 0 Å². The summed E-state index contributed by atoms with van der Waals surface area (Å²) in [5.74, 6) is 0. The van der Waals surface area contributed by atoms with Gasteiger partial charge in [-0.1, -0.05) is 11.6 Å². The highest BCUT2D eigenvalue weighted by Gasteiger charge is 2.02. The van der Waals surface area contributed by atoms with E-state index in [2.05, 4.69) is 17.2 Å². The van der Waals surface area contributed by atoms with Crippen LogP contribution in [0.25, 0.3) is 0 Å². The van der Waals surface area contributed by atoms with E-state index in [9.17, 15) is 0 Å². The highest BCUT2D eigenvalue weighted by Crippen LogP contribution is 2.12. The van der Waals surface area contributed by atoms with E-state index in [0.29, 0.717) is 17.7 Å². The molecule has 1 unspecified atom stereocenters. The van der Waals surface area contributed by atoms with Crippen molar-refractivity contribution in [1.29, 1.82) is 0 Å². The summed E-state index contributed by atoms with van der Waals surface area (Å²) in [6.45, 7) is 3.51. The van der Waals surface area contributed by atoms with E-state index >= 15 is 0 Å². The third-order valence-electron chi connectivity index (χ3n) is 1.91. The fourth-order valence-corrected chi connectivity index (χ4v) is 1.33. The molecule has 0 saturated heterocycles. The number of rotatable bonds is 5. The van der Waals surface area contributed by atoms with Gasteiger partial charge in [0.25, 0.3) is 0 Å². The fraction of sp³-hybridized carbons (Fsp3) is 0.500. The Hall–Kier alpha value is -0.640. The molecule has 0 spiro atoms. The SMILES string of the molecule is COCC(C)NCc1ccncc1Cl. The van der Waals surface area contributed by atoms with Gasteiger partial charge >= 0.3 is 0 Å². The Kier molecular flexibility index (Phi) is 4.87. The quantitative estimate of drug-likeness (QED) is 0.813. The first-order valence-electron chi connectivity index (χ1n) is 4.54. The predicted octanol–water partition coefficient (Wildman–Crippen LogP) is 1.86. The number of hydrogen-bond acceptors (Lipinski definition) is 3. The van der Waals surface area contributed by atoms with Crippen LogP contribution in [0.4, 0.5) is 0 Å². The van der Waals surface area contributed by atoms with Crippen LogP contribution in [-0.4, -0.2) is 24.7 Å². The Morgan fingerprint density at radius 1 is 1.64 bits per heavy atom. The molecule has 0 aromatic carbocycles. The normalized spacial score (nSPS) is 12.8. The van der Waals surface area contributed by atoms with Crippen LogP contribution in [-0.2, 0) is 11.3 Å². The maximum atomic E-state index is 5.95.